The van der Waals surface area contributed by atoms with Crippen molar-refractivity contribution in [1.82, 2.24) is 0 Å². The summed E-state index contributed by atoms with van der Waals surface area (Å²) in [6, 6.07) is 8.17. The summed E-state index contributed by atoms with van der Waals surface area (Å²) in [4.78, 5) is 0. The zero-order valence-electron chi connectivity index (χ0n) is 10.1. The van der Waals surface area contributed by atoms with E-state index in [0.717, 1.165) is 12.1 Å². The van der Waals surface area contributed by atoms with E-state index in [0.29, 0.717) is 6.07 Å². The molecule has 0 bridgehead atoms. The first-order valence-corrected chi connectivity index (χ1v) is 5.64. The van der Waals surface area contributed by atoms with Crippen LogP contribution in [0.2, 0.25) is 0 Å². The summed E-state index contributed by atoms with van der Waals surface area (Å²) in [6.45, 7) is -0.231. The molecule has 1 N–H and O–H groups in total. The minimum absolute atomic E-state index is 0.0354. The molecule has 6 heteroatoms. The molecule has 0 saturated heterocycles. The van der Waals surface area contributed by atoms with Crippen molar-refractivity contribution in [3.8, 4) is 11.5 Å². The van der Waals surface area contributed by atoms with Gasteiger partial charge in [-0.2, -0.15) is 13.2 Å². The molecule has 0 saturated carbocycles. The Balaban J connectivity index is 2.13. The van der Waals surface area contributed by atoms with Gasteiger partial charge in [-0.3, -0.25) is 0 Å². The van der Waals surface area contributed by atoms with Crippen molar-refractivity contribution in [1.29, 1.82) is 0 Å². The molecule has 0 aromatic heterocycles. The molecule has 106 valence electrons. The molecule has 0 heterocycles. The highest BCUT2D eigenvalue weighted by Crippen LogP contribution is 2.33. The monoisotopic (exact) mass is 286 g/mol. The average molecular weight is 286 g/mol. The molecule has 0 aliphatic carbocycles. The van der Waals surface area contributed by atoms with Gasteiger partial charge in [0, 0.05) is 5.56 Å². The number of para-hydroxylation sites is 1. The maximum atomic E-state index is 13.3. The third-order valence-corrected chi connectivity index (χ3v) is 2.63. The molecule has 2 aromatic carbocycles. The summed E-state index contributed by atoms with van der Waals surface area (Å²) >= 11 is 0. The van der Waals surface area contributed by atoms with E-state index in [4.69, 9.17) is 4.74 Å². The van der Waals surface area contributed by atoms with Gasteiger partial charge in [-0.25, -0.2) is 4.39 Å². The van der Waals surface area contributed by atoms with Crippen LogP contribution in [0.1, 0.15) is 11.1 Å². The standard InChI is InChI=1S/C14H10F4O2/c15-11-3-1-2-4-13(11)20-8-9-5-6-10(7-12(9)19)14(16,17)18/h1-7,19H,8H2. The van der Waals surface area contributed by atoms with E-state index in [1.165, 1.54) is 18.2 Å². The Kier molecular flexibility index (Phi) is 3.83. The predicted molar refractivity (Wildman–Crippen MR) is 63.8 cm³/mol. The minimum atomic E-state index is -4.53. The predicted octanol–water partition coefficient (Wildman–Crippen LogP) is 4.13. The number of phenolic OH excluding ortho intramolecular Hbond substituents is 1. The number of halogens is 4. The maximum absolute atomic E-state index is 13.3. The van der Waals surface area contributed by atoms with Crippen LogP contribution in [-0.2, 0) is 12.8 Å². The number of aromatic hydroxyl groups is 1. The van der Waals surface area contributed by atoms with Crippen LogP contribution in [0.5, 0.6) is 11.5 Å². The second kappa shape index (κ2) is 5.40. The van der Waals surface area contributed by atoms with Gasteiger partial charge in [0.2, 0.25) is 0 Å². The fraction of sp³-hybridized carbons (Fsp3) is 0.143. The topological polar surface area (TPSA) is 29.5 Å². The van der Waals surface area contributed by atoms with Gasteiger partial charge in [0.1, 0.15) is 12.4 Å². The van der Waals surface area contributed by atoms with Crippen molar-refractivity contribution in [2.45, 2.75) is 12.8 Å². The number of benzene rings is 2. The third kappa shape index (κ3) is 3.20. The van der Waals surface area contributed by atoms with Gasteiger partial charge in [-0.1, -0.05) is 18.2 Å². The zero-order chi connectivity index (χ0) is 14.8. The maximum Gasteiger partial charge on any atom is 0.416 e. The lowest BCUT2D eigenvalue weighted by Gasteiger charge is -2.11. The molecule has 0 amide bonds. The first kappa shape index (κ1) is 14.2. The van der Waals surface area contributed by atoms with Crippen LogP contribution in [0.25, 0.3) is 0 Å². The van der Waals surface area contributed by atoms with Gasteiger partial charge in [0.05, 0.1) is 5.56 Å². The van der Waals surface area contributed by atoms with E-state index < -0.39 is 23.3 Å². The van der Waals surface area contributed by atoms with E-state index in [2.05, 4.69) is 0 Å². The molecule has 0 atom stereocenters. The number of phenols is 1. The lowest BCUT2D eigenvalue weighted by atomic mass is 10.1. The molecule has 0 radical (unpaired) electrons. The van der Waals surface area contributed by atoms with Gasteiger partial charge in [0.15, 0.2) is 11.6 Å². The molecule has 0 fully saturated rings. The Bertz CT molecular complexity index is 608. The van der Waals surface area contributed by atoms with Crippen LogP contribution in [0.15, 0.2) is 42.5 Å². The fourth-order valence-electron chi connectivity index (χ4n) is 1.58. The molecular weight excluding hydrogens is 276 g/mol. The Labute approximate surface area is 112 Å². The smallest absolute Gasteiger partial charge is 0.416 e. The number of alkyl halides is 3. The summed E-state index contributed by atoms with van der Waals surface area (Å²) in [5, 5.41) is 9.53. The normalized spacial score (nSPS) is 11.4. The Hall–Kier alpha value is -2.24. The van der Waals surface area contributed by atoms with Crippen molar-refractivity contribution in [2.75, 3.05) is 0 Å². The Morgan fingerprint density at radius 1 is 1.05 bits per heavy atom. The number of rotatable bonds is 3. The van der Waals surface area contributed by atoms with Crippen LogP contribution in [-0.4, -0.2) is 5.11 Å². The zero-order valence-corrected chi connectivity index (χ0v) is 10.1. The lowest BCUT2D eigenvalue weighted by Crippen LogP contribution is -2.05. The highest BCUT2D eigenvalue weighted by molar-refractivity contribution is 5.37. The average Bonchev–Trinajstić information content (AvgIpc) is 2.38. The molecular formula is C14H10F4O2. The van der Waals surface area contributed by atoms with Crippen LogP contribution in [0.4, 0.5) is 17.6 Å². The van der Waals surface area contributed by atoms with Crippen LogP contribution >= 0.6 is 0 Å². The van der Waals surface area contributed by atoms with Crippen molar-refractivity contribution >= 4 is 0 Å². The summed E-state index contributed by atoms with van der Waals surface area (Å²) in [5.74, 6) is -1.16. The molecule has 2 rings (SSSR count). The van der Waals surface area contributed by atoms with E-state index in [1.807, 2.05) is 0 Å². The molecule has 0 spiro atoms. The summed E-state index contributed by atoms with van der Waals surface area (Å²) in [7, 11) is 0. The van der Waals surface area contributed by atoms with Crippen molar-refractivity contribution in [3.05, 3.63) is 59.4 Å². The minimum Gasteiger partial charge on any atom is -0.508 e. The second-order valence-electron chi connectivity index (χ2n) is 4.06. The quantitative estimate of drug-likeness (QED) is 0.860. The van der Waals surface area contributed by atoms with Crippen molar-refractivity contribution < 1.29 is 27.4 Å². The SMILES string of the molecule is Oc1cc(C(F)(F)F)ccc1COc1ccccc1F. The highest BCUT2D eigenvalue weighted by Gasteiger charge is 2.31. The van der Waals surface area contributed by atoms with Gasteiger partial charge >= 0.3 is 6.18 Å². The van der Waals surface area contributed by atoms with Gasteiger partial charge in [0.25, 0.3) is 0 Å². The number of hydrogen-bond acceptors (Lipinski definition) is 2. The van der Waals surface area contributed by atoms with Gasteiger partial charge in [-0.05, 0) is 24.3 Å². The van der Waals surface area contributed by atoms with Crippen molar-refractivity contribution in [2.24, 2.45) is 0 Å². The van der Waals surface area contributed by atoms with E-state index in [9.17, 15) is 22.7 Å². The van der Waals surface area contributed by atoms with E-state index in [-0.39, 0.29) is 17.9 Å². The van der Waals surface area contributed by atoms with Crippen molar-refractivity contribution in [3.63, 3.8) is 0 Å². The number of ether oxygens (including phenoxy) is 1. The molecule has 0 aliphatic rings. The fourth-order valence-corrected chi connectivity index (χ4v) is 1.58. The number of hydrogen-bond donors (Lipinski definition) is 1. The molecule has 2 nitrogen and oxygen atoms in total. The van der Waals surface area contributed by atoms with Gasteiger partial charge in [-0.15, -0.1) is 0 Å². The Morgan fingerprint density at radius 3 is 2.35 bits per heavy atom. The van der Waals surface area contributed by atoms with E-state index >= 15 is 0 Å². The van der Waals surface area contributed by atoms with Crippen LogP contribution < -0.4 is 4.74 Å². The van der Waals surface area contributed by atoms with E-state index in [1.54, 1.807) is 6.07 Å². The second-order valence-corrected chi connectivity index (χ2v) is 4.06. The summed E-state index contributed by atoms with van der Waals surface area (Å²) in [6.07, 6.45) is -4.53. The van der Waals surface area contributed by atoms with Crippen LogP contribution in [0.3, 0.4) is 0 Å². The van der Waals surface area contributed by atoms with Crippen LogP contribution in [0, 0.1) is 5.82 Å². The summed E-state index contributed by atoms with van der Waals surface area (Å²) in [5.41, 5.74) is -0.814. The first-order chi connectivity index (χ1) is 9.38. The highest BCUT2D eigenvalue weighted by atomic mass is 19.4. The largest absolute Gasteiger partial charge is 0.508 e. The third-order valence-electron chi connectivity index (χ3n) is 2.63. The molecule has 2 aromatic rings. The summed E-state index contributed by atoms with van der Waals surface area (Å²) < 4.78 is 55.6. The molecule has 20 heavy (non-hydrogen) atoms. The first-order valence-electron chi connectivity index (χ1n) is 5.64. The molecule has 0 unspecified atom stereocenters. The molecule has 0 aliphatic heterocycles. The van der Waals surface area contributed by atoms with Gasteiger partial charge < -0.3 is 9.84 Å². The lowest BCUT2D eigenvalue weighted by molar-refractivity contribution is -0.137. The Morgan fingerprint density at radius 2 is 1.75 bits per heavy atom.